The van der Waals surface area contributed by atoms with Crippen molar-refractivity contribution in [2.75, 3.05) is 10.6 Å². The summed E-state index contributed by atoms with van der Waals surface area (Å²) in [6.45, 7) is 4.22. The Hall–Kier alpha value is -1.87. The van der Waals surface area contributed by atoms with Crippen LogP contribution in [0.5, 0.6) is 0 Å². The minimum absolute atomic E-state index is 0.0326. The molecule has 2 rings (SSSR count). The molecular weight excluding hydrogens is 493 g/mol. The van der Waals surface area contributed by atoms with Crippen LogP contribution in [0.25, 0.3) is 11.1 Å². The molecule has 0 bridgehead atoms. The van der Waals surface area contributed by atoms with Crippen molar-refractivity contribution < 1.29 is 22.8 Å². The van der Waals surface area contributed by atoms with E-state index in [4.69, 9.17) is 0 Å². The maximum Gasteiger partial charge on any atom is 0.417 e. The highest BCUT2D eigenvalue weighted by Crippen LogP contribution is 2.43. The first-order valence-corrected chi connectivity index (χ1v) is 9.25. The lowest BCUT2D eigenvalue weighted by Crippen LogP contribution is -2.12. The van der Waals surface area contributed by atoms with Gasteiger partial charge in [0.25, 0.3) is 0 Å². The predicted molar refractivity (Wildman–Crippen MR) is 106 cm³/mol. The number of hydrogen-bond acceptors (Lipinski definition) is 2. The lowest BCUT2D eigenvalue weighted by Gasteiger charge is -2.19. The van der Waals surface area contributed by atoms with E-state index in [1.54, 1.807) is 13.0 Å². The van der Waals surface area contributed by atoms with Crippen molar-refractivity contribution in [2.24, 2.45) is 0 Å². The second-order valence-electron chi connectivity index (χ2n) is 5.88. The van der Waals surface area contributed by atoms with Gasteiger partial charge in [0.15, 0.2) is 0 Å². The molecule has 2 N–H and O–H groups in total. The second kappa shape index (κ2) is 8.02. The smallest absolute Gasteiger partial charge is 0.325 e. The average Bonchev–Trinajstić information content (AvgIpc) is 2.50. The van der Waals surface area contributed by atoms with Gasteiger partial charge in [-0.25, -0.2) is 0 Å². The van der Waals surface area contributed by atoms with E-state index in [9.17, 15) is 22.8 Å². The van der Waals surface area contributed by atoms with Crippen LogP contribution < -0.4 is 10.6 Å². The number of nitrogens with one attached hydrogen (secondary N) is 2. The number of carbonyl (C=O) groups is 2. The Morgan fingerprint density at radius 3 is 1.74 bits per heavy atom. The van der Waals surface area contributed by atoms with E-state index in [0.29, 0.717) is 25.8 Å². The van der Waals surface area contributed by atoms with Gasteiger partial charge in [0.05, 0.1) is 16.9 Å². The van der Waals surface area contributed by atoms with Gasteiger partial charge in [-0.15, -0.1) is 0 Å². The van der Waals surface area contributed by atoms with Crippen molar-refractivity contribution in [3.63, 3.8) is 0 Å². The average molecular weight is 508 g/mol. The number of alkyl halides is 3. The largest absolute Gasteiger partial charge is 0.417 e. The molecule has 27 heavy (non-hydrogen) atoms. The standard InChI is InChI=1S/C18H15Br2F3N2O2/c1-8-4-16(24-9(2)26)14(19)5-11(8)12-6-15(20)17(25-10(3)27)7-13(12)18(21,22)23/h4-7H,1-3H3,(H,24,26)(H,25,27). The molecule has 0 unspecified atom stereocenters. The van der Waals surface area contributed by atoms with Gasteiger partial charge >= 0.3 is 6.18 Å². The minimum Gasteiger partial charge on any atom is -0.325 e. The highest BCUT2D eigenvalue weighted by Gasteiger charge is 2.35. The highest BCUT2D eigenvalue weighted by atomic mass is 79.9. The predicted octanol–water partition coefficient (Wildman–Crippen LogP) is 6.12. The van der Waals surface area contributed by atoms with Gasteiger partial charge < -0.3 is 10.6 Å². The molecule has 2 aromatic rings. The van der Waals surface area contributed by atoms with E-state index in [1.807, 2.05) is 0 Å². The molecule has 0 aliphatic rings. The van der Waals surface area contributed by atoms with Gasteiger partial charge in [-0.3, -0.25) is 9.59 Å². The first-order valence-electron chi connectivity index (χ1n) is 7.66. The zero-order valence-electron chi connectivity index (χ0n) is 14.5. The van der Waals surface area contributed by atoms with Crippen molar-refractivity contribution in [3.8, 4) is 11.1 Å². The van der Waals surface area contributed by atoms with Crippen LogP contribution in [0.1, 0.15) is 25.0 Å². The number of anilines is 2. The quantitative estimate of drug-likeness (QED) is 0.525. The van der Waals surface area contributed by atoms with Gasteiger partial charge in [0.1, 0.15) is 0 Å². The minimum atomic E-state index is -4.63. The van der Waals surface area contributed by atoms with Gasteiger partial charge in [-0.2, -0.15) is 13.2 Å². The zero-order valence-corrected chi connectivity index (χ0v) is 17.7. The van der Waals surface area contributed by atoms with Gasteiger partial charge in [-0.1, -0.05) is 0 Å². The van der Waals surface area contributed by atoms with E-state index < -0.39 is 17.6 Å². The van der Waals surface area contributed by atoms with Gasteiger partial charge in [0.2, 0.25) is 11.8 Å². The van der Waals surface area contributed by atoms with Crippen molar-refractivity contribution in [1.82, 2.24) is 0 Å². The van der Waals surface area contributed by atoms with Crippen molar-refractivity contribution in [3.05, 3.63) is 44.3 Å². The zero-order chi connectivity index (χ0) is 20.5. The molecule has 2 aromatic carbocycles. The maximum absolute atomic E-state index is 13.7. The van der Waals surface area contributed by atoms with Crippen LogP contribution >= 0.6 is 31.9 Å². The molecule has 144 valence electrons. The number of carbonyl (C=O) groups excluding carboxylic acids is 2. The van der Waals surface area contributed by atoms with E-state index in [0.717, 1.165) is 6.07 Å². The molecular formula is C18H15Br2F3N2O2. The van der Waals surface area contributed by atoms with Crippen LogP contribution in [-0.4, -0.2) is 11.8 Å². The van der Waals surface area contributed by atoms with Crippen LogP contribution in [0.4, 0.5) is 24.5 Å². The first kappa shape index (κ1) is 21.4. The van der Waals surface area contributed by atoms with E-state index in [2.05, 4.69) is 42.5 Å². The summed E-state index contributed by atoms with van der Waals surface area (Å²) in [6, 6.07) is 5.34. The van der Waals surface area contributed by atoms with Crippen LogP contribution in [0.3, 0.4) is 0 Å². The van der Waals surface area contributed by atoms with Crippen molar-refractivity contribution >= 4 is 55.0 Å². The summed E-state index contributed by atoms with van der Waals surface area (Å²) in [5.74, 6) is -0.767. The highest BCUT2D eigenvalue weighted by molar-refractivity contribution is 9.11. The summed E-state index contributed by atoms with van der Waals surface area (Å²) in [5, 5.41) is 4.99. The molecule has 9 heteroatoms. The van der Waals surface area contributed by atoms with Gasteiger partial charge in [-0.05, 0) is 79.7 Å². The fraction of sp³-hybridized carbons (Fsp3) is 0.222. The summed E-state index contributed by atoms with van der Waals surface area (Å²) in [5.41, 5.74) is 0.467. The van der Waals surface area contributed by atoms with Crippen molar-refractivity contribution in [1.29, 1.82) is 0 Å². The summed E-state index contributed by atoms with van der Waals surface area (Å²) < 4.78 is 41.8. The molecule has 0 saturated heterocycles. The van der Waals surface area contributed by atoms with Gasteiger partial charge in [0, 0.05) is 22.8 Å². The third-order valence-electron chi connectivity index (χ3n) is 3.64. The van der Waals surface area contributed by atoms with E-state index in [1.165, 1.54) is 26.0 Å². The fourth-order valence-electron chi connectivity index (χ4n) is 2.57. The first-order chi connectivity index (χ1) is 12.4. The summed E-state index contributed by atoms with van der Waals surface area (Å²) >= 11 is 6.50. The van der Waals surface area contributed by atoms with Crippen LogP contribution in [0.2, 0.25) is 0 Å². The fourth-order valence-corrected chi connectivity index (χ4v) is 3.46. The lowest BCUT2D eigenvalue weighted by molar-refractivity contribution is -0.137. The lowest BCUT2D eigenvalue weighted by atomic mass is 9.94. The molecule has 0 aromatic heterocycles. The number of hydrogen-bond donors (Lipinski definition) is 2. The monoisotopic (exact) mass is 506 g/mol. The summed E-state index contributed by atoms with van der Waals surface area (Å²) in [7, 11) is 0. The normalized spacial score (nSPS) is 11.3. The number of benzene rings is 2. The topological polar surface area (TPSA) is 58.2 Å². The van der Waals surface area contributed by atoms with E-state index >= 15 is 0 Å². The maximum atomic E-state index is 13.7. The van der Waals surface area contributed by atoms with Crippen LogP contribution in [0, 0.1) is 6.92 Å². The molecule has 0 saturated carbocycles. The molecule has 0 aliphatic heterocycles. The molecule has 0 radical (unpaired) electrons. The van der Waals surface area contributed by atoms with E-state index in [-0.39, 0.29) is 17.2 Å². The molecule has 0 spiro atoms. The SMILES string of the molecule is CC(=O)Nc1cc(C)c(-c2cc(Br)c(NC(C)=O)cc2C(F)(F)F)cc1Br. The van der Waals surface area contributed by atoms with Crippen LogP contribution in [0.15, 0.2) is 33.2 Å². The summed E-state index contributed by atoms with van der Waals surface area (Å²) in [6.07, 6.45) is -4.63. The Bertz CT molecular complexity index is 928. The number of aryl methyl sites for hydroxylation is 1. The Balaban J connectivity index is 2.71. The van der Waals surface area contributed by atoms with Crippen LogP contribution in [-0.2, 0) is 15.8 Å². The molecule has 0 heterocycles. The Morgan fingerprint density at radius 1 is 0.852 bits per heavy atom. The molecule has 0 atom stereocenters. The Kier molecular flexibility index (Phi) is 6.36. The molecule has 4 nitrogen and oxygen atoms in total. The molecule has 0 fully saturated rings. The van der Waals surface area contributed by atoms with Crippen molar-refractivity contribution in [2.45, 2.75) is 26.9 Å². The third kappa shape index (κ3) is 5.10. The number of amides is 2. The molecule has 0 aliphatic carbocycles. The second-order valence-corrected chi connectivity index (χ2v) is 7.59. The molecule has 2 amide bonds. The number of rotatable bonds is 3. The number of halogens is 5. The Morgan fingerprint density at radius 2 is 1.30 bits per heavy atom. The summed E-state index contributed by atoms with van der Waals surface area (Å²) in [4.78, 5) is 22.5. The Labute approximate surface area is 170 Å². The third-order valence-corrected chi connectivity index (χ3v) is 4.95.